The summed E-state index contributed by atoms with van der Waals surface area (Å²) in [6.07, 6.45) is 4.41. The lowest BCUT2D eigenvalue weighted by Gasteiger charge is -2.55. The van der Waals surface area contributed by atoms with E-state index < -0.39 is 11.7 Å². The highest BCUT2D eigenvalue weighted by atomic mass is 16.3. The lowest BCUT2D eigenvalue weighted by atomic mass is 9.53. The Hall–Kier alpha value is -0.340. The van der Waals surface area contributed by atoms with Crippen molar-refractivity contribution in [1.82, 2.24) is 0 Å². The largest absolute Gasteiger partial charge is 0.389 e. The summed E-state index contributed by atoms with van der Waals surface area (Å²) in [6.45, 7) is 10.4. The topological polar surface area (TPSA) is 40.5 Å². The summed E-state index contributed by atoms with van der Waals surface area (Å²) in [5.41, 5.74) is 0.366. The molecule has 0 aromatic carbocycles. The van der Waals surface area contributed by atoms with Crippen molar-refractivity contribution in [3.05, 3.63) is 12.2 Å². The molecule has 2 aliphatic carbocycles. The van der Waals surface area contributed by atoms with Gasteiger partial charge in [-0.1, -0.05) is 32.9 Å². The summed E-state index contributed by atoms with van der Waals surface area (Å²) >= 11 is 0. The van der Waals surface area contributed by atoms with E-state index in [4.69, 9.17) is 0 Å². The summed E-state index contributed by atoms with van der Waals surface area (Å²) in [7, 11) is 0. The minimum Gasteiger partial charge on any atom is -0.389 e. The number of aliphatic hydroxyl groups excluding tert-OH is 1. The van der Waals surface area contributed by atoms with Gasteiger partial charge in [0, 0.05) is 5.92 Å². The van der Waals surface area contributed by atoms with Crippen LogP contribution in [0.2, 0.25) is 0 Å². The first-order valence-electron chi connectivity index (χ1n) is 6.89. The van der Waals surface area contributed by atoms with E-state index in [0.29, 0.717) is 6.42 Å². The molecule has 0 bridgehead atoms. The fourth-order valence-electron chi connectivity index (χ4n) is 3.96. The Kier molecular flexibility index (Phi) is 3.16. The molecule has 4 atom stereocenters. The van der Waals surface area contributed by atoms with Crippen LogP contribution in [0.15, 0.2) is 12.2 Å². The smallest absolute Gasteiger partial charge is 0.0934 e. The van der Waals surface area contributed by atoms with Gasteiger partial charge in [0.15, 0.2) is 0 Å². The van der Waals surface area contributed by atoms with Crippen molar-refractivity contribution >= 4 is 0 Å². The summed E-state index contributed by atoms with van der Waals surface area (Å²) in [5.74, 6) is 0.175. The molecule has 0 aromatic rings. The Morgan fingerprint density at radius 3 is 2.53 bits per heavy atom. The van der Waals surface area contributed by atoms with Gasteiger partial charge in [0.2, 0.25) is 0 Å². The molecule has 2 N–H and O–H groups in total. The summed E-state index contributed by atoms with van der Waals surface area (Å²) < 4.78 is 0. The molecule has 0 unspecified atom stereocenters. The minimum atomic E-state index is -0.926. The molecule has 0 aromatic heterocycles. The quantitative estimate of drug-likeness (QED) is 0.690. The molecule has 2 heteroatoms. The van der Waals surface area contributed by atoms with Crippen molar-refractivity contribution in [3.63, 3.8) is 0 Å². The van der Waals surface area contributed by atoms with Crippen LogP contribution in [0.5, 0.6) is 0 Å². The first kappa shape index (κ1) is 13.1. The third kappa shape index (κ3) is 1.86. The average Bonchev–Trinajstić information content (AvgIpc) is 2.24. The predicted octanol–water partition coefficient (Wildman–Crippen LogP) is 2.89. The molecular formula is C15H26O2. The van der Waals surface area contributed by atoms with Gasteiger partial charge in [0.25, 0.3) is 0 Å². The van der Waals surface area contributed by atoms with E-state index in [2.05, 4.69) is 13.5 Å². The van der Waals surface area contributed by atoms with Gasteiger partial charge < -0.3 is 10.2 Å². The van der Waals surface area contributed by atoms with Gasteiger partial charge in [-0.05, 0) is 43.4 Å². The van der Waals surface area contributed by atoms with Crippen LogP contribution in [0.3, 0.4) is 0 Å². The summed E-state index contributed by atoms with van der Waals surface area (Å²) in [4.78, 5) is 0. The van der Waals surface area contributed by atoms with Crippen molar-refractivity contribution in [3.8, 4) is 0 Å². The lowest BCUT2D eigenvalue weighted by Crippen LogP contribution is -2.59. The number of fused-ring (bicyclic) bond motifs is 1. The molecule has 2 saturated carbocycles. The van der Waals surface area contributed by atoms with Gasteiger partial charge >= 0.3 is 0 Å². The van der Waals surface area contributed by atoms with Gasteiger partial charge in [0.05, 0.1) is 11.7 Å². The van der Waals surface area contributed by atoms with Crippen molar-refractivity contribution < 1.29 is 10.2 Å². The van der Waals surface area contributed by atoms with Crippen LogP contribution in [-0.2, 0) is 0 Å². The maximum Gasteiger partial charge on any atom is 0.0934 e. The Morgan fingerprint density at radius 2 is 1.94 bits per heavy atom. The minimum absolute atomic E-state index is 0.0809. The van der Waals surface area contributed by atoms with Crippen molar-refractivity contribution in [2.45, 2.75) is 64.6 Å². The standard InChI is InChI=1S/C15H26O2/c1-10(2)15(17)9-8-14(4)7-5-6-11(3)12(14)13(15)16/h10,12-13,16-17H,3,5-9H2,1-2,4H3/t12-,13-,14+,15+/m0/s1. The SMILES string of the molecule is C=C1CCC[C@]2(C)CC[C@@](O)(C(C)C)[C@@H](O)[C@H]12. The number of aliphatic hydroxyl groups is 2. The molecule has 98 valence electrons. The zero-order valence-corrected chi connectivity index (χ0v) is 11.4. The van der Waals surface area contributed by atoms with Crippen molar-refractivity contribution in [1.29, 1.82) is 0 Å². The highest BCUT2D eigenvalue weighted by Crippen LogP contribution is 2.55. The second-order valence-electron chi connectivity index (χ2n) is 6.73. The monoisotopic (exact) mass is 238 g/mol. The van der Waals surface area contributed by atoms with Crippen LogP contribution in [0.1, 0.15) is 52.9 Å². The Bertz CT molecular complexity index is 323. The molecule has 2 aliphatic rings. The molecule has 2 rings (SSSR count). The molecule has 2 nitrogen and oxygen atoms in total. The van der Waals surface area contributed by atoms with Gasteiger partial charge in [-0.3, -0.25) is 0 Å². The van der Waals surface area contributed by atoms with Gasteiger partial charge in [-0.2, -0.15) is 0 Å². The van der Waals surface area contributed by atoms with Gasteiger partial charge in [-0.15, -0.1) is 0 Å². The maximum absolute atomic E-state index is 10.7. The summed E-state index contributed by atoms with van der Waals surface area (Å²) in [6, 6.07) is 0. The van der Waals surface area contributed by atoms with Crippen LogP contribution >= 0.6 is 0 Å². The first-order valence-corrected chi connectivity index (χ1v) is 6.89. The van der Waals surface area contributed by atoms with E-state index in [1.807, 2.05) is 13.8 Å². The van der Waals surface area contributed by atoms with E-state index in [0.717, 1.165) is 24.8 Å². The van der Waals surface area contributed by atoms with E-state index in [1.165, 1.54) is 6.42 Å². The molecule has 2 fully saturated rings. The Balaban J connectivity index is 2.33. The Labute approximate surface area is 105 Å². The molecule has 0 amide bonds. The fraction of sp³-hybridized carbons (Fsp3) is 0.867. The van der Waals surface area contributed by atoms with Crippen LogP contribution in [-0.4, -0.2) is 21.9 Å². The number of hydrogen-bond donors (Lipinski definition) is 2. The van der Waals surface area contributed by atoms with Crippen LogP contribution in [0.4, 0.5) is 0 Å². The molecule has 0 heterocycles. The zero-order chi connectivity index (χ0) is 12.8. The van der Waals surface area contributed by atoms with Crippen LogP contribution in [0, 0.1) is 17.3 Å². The molecule has 0 aliphatic heterocycles. The number of rotatable bonds is 1. The fourth-order valence-corrected chi connectivity index (χ4v) is 3.96. The molecule has 0 radical (unpaired) electrons. The molecule has 0 spiro atoms. The second-order valence-corrected chi connectivity index (χ2v) is 6.73. The molecule has 17 heavy (non-hydrogen) atoms. The third-order valence-corrected chi connectivity index (χ3v) is 5.36. The normalized spacial score (nSPS) is 47.1. The van der Waals surface area contributed by atoms with E-state index in [1.54, 1.807) is 0 Å². The Morgan fingerprint density at radius 1 is 1.29 bits per heavy atom. The molecule has 0 saturated heterocycles. The second kappa shape index (κ2) is 4.10. The zero-order valence-electron chi connectivity index (χ0n) is 11.4. The van der Waals surface area contributed by atoms with Crippen molar-refractivity contribution in [2.24, 2.45) is 17.3 Å². The maximum atomic E-state index is 10.7. The third-order valence-electron chi connectivity index (χ3n) is 5.36. The van der Waals surface area contributed by atoms with Crippen molar-refractivity contribution in [2.75, 3.05) is 0 Å². The average molecular weight is 238 g/mol. The van der Waals surface area contributed by atoms with Gasteiger partial charge in [-0.25, -0.2) is 0 Å². The van der Waals surface area contributed by atoms with E-state index in [9.17, 15) is 10.2 Å². The highest BCUT2D eigenvalue weighted by Gasteiger charge is 2.55. The van der Waals surface area contributed by atoms with Crippen LogP contribution in [0.25, 0.3) is 0 Å². The predicted molar refractivity (Wildman–Crippen MR) is 69.6 cm³/mol. The van der Waals surface area contributed by atoms with Crippen LogP contribution < -0.4 is 0 Å². The van der Waals surface area contributed by atoms with E-state index >= 15 is 0 Å². The molecular weight excluding hydrogens is 212 g/mol. The highest BCUT2D eigenvalue weighted by molar-refractivity contribution is 5.18. The number of hydrogen-bond acceptors (Lipinski definition) is 2. The summed E-state index contributed by atoms with van der Waals surface area (Å²) in [5, 5.41) is 21.3. The first-order chi connectivity index (χ1) is 7.81. The van der Waals surface area contributed by atoms with E-state index in [-0.39, 0.29) is 17.3 Å². The lowest BCUT2D eigenvalue weighted by molar-refractivity contribution is -0.180. The van der Waals surface area contributed by atoms with Gasteiger partial charge in [0.1, 0.15) is 0 Å².